The molecule has 0 atom stereocenters. The van der Waals surface area contributed by atoms with Crippen molar-refractivity contribution in [3.63, 3.8) is 0 Å². The molecule has 0 bridgehead atoms. The van der Waals surface area contributed by atoms with Crippen LogP contribution in [0.1, 0.15) is 6.92 Å². The topological polar surface area (TPSA) is 0 Å². The van der Waals surface area contributed by atoms with Gasteiger partial charge in [0.25, 0.3) is 0 Å². The highest BCUT2D eigenvalue weighted by atomic mass is 32.3. The van der Waals surface area contributed by atoms with E-state index in [1.807, 2.05) is 0 Å². The molecule has 0 aliphatic carbocycles. The van der Waals surface area contributed by atoms with Gasteiger partial charge in [-0.3, -0.25) is 8.75 Å². The fraction of sp³-hybridized carbons (Fsp3) is 0.833. The smallest absolute Gasteiger partial charge is 0.0384 e. The van der Waals surface area contributed by atoms with Crippen molar-refractivity contribution in [3.8, 4) is 0 Å². The number of hydrogen-bond acceptors (Lipinski definition) is 0. The van der Waals surface area contributed by atoms with Gasteiger partial charge in [-0.05, 0) is 31.9 Å². The summed E-state index contributed by atoms with van der Waals surface area (Å²) in [6, 6.07) is 0. The highest BCUT2D eigenvalue weighted by Crippen LogP contribution is 2.41. The molecule has 1 heteroatoms. The number of rotatable bonds is 0. The third-order valence-electron chi connectivity index (χ3n) is 0.943. The maximum Gasteiger partial charge on any atom is -0.0384 e. The predicted octanol–water partition coefficient (Wildman–Crippen LogP) is 1.67. The summed E-state index contributed by atoms with van der Waals surface area (Å²) in [6.07, 6.45) is 9.27. The van der Waals surface area contributed by atoms with Crippen LogP contribution in [0.15, 0.2) is 0 Å². The van der Waals surface area contributed by atoms with E-state index in [0.717, 1.165) is 0 Å². The van der Waals surface area contributed by atoms with Crippen LogP contribution in [-0.4, -0.2) is 30.4 Å². The molecule has 0 spiro atoms. The largest absolute Gasteiger partial charge is 0.259 e. The van der Waals surface area contributed by atoms with Crippen molar-refractivity contribution in [1.29, 1.82) is 0 Å². The van der Waals surface area contributed by atoms with Gasteiger partial charge in [-0.1, -0.05) is 5.37 Å². The van der Waals surface area contributed by atoms with Gasteiger partial charge in [-0.2, -0.15) is 0 Å². The van der Waals surface area contributed by atoms with Crippen LogP contribution >= 0.6 is 8.75 Å². The Hall–Kier alpha value is 0.220. The van der Waals surface area contributed by atoms with E-state index < -0.39 is 8.75 Å². The van der Waals surface area contributed by atoms with E-state index in [1.54, 1.807) is 0 Å². The second-order valence-corrected chi connectivity index (χ2v) is 10.9. The molecule has 0 heterocycles. The highest BCUT2D eigenvalue weighted by molar-refractivity contribution is 8.45. The maximum absolute atomic E-state index is 2.32. The monoisotopic (exact) mass is 120 g/mol. The van der Waals surface area contributed by atoms with Crippen molar-refractivity contribution < 1.29 is 0 Å². The van der Waals surface area contributed by atoms with Gasteiger partial charge in [-0.15, -0.1) is 0 Å². The Morgan fingerprint density at radius 3 is 1.14 bits per heavy atom. The van der Waals surface area contributed by atoms with E-state index in [0.29, 0.717) is 0 Å². The van der Waals surface area contributed by atoms with Crippen LogP contribution in [0.2, 0.25) is 0 Å². The van der Waals surface area contributed by atoms with E-state index >= 15 is 0 Å². The zero-order valence-electron chi connectivity index (χ0n) is 5.99. The van der Waals surface area contributed by atoms with Crippen molar-refractivity contribution >= 4 is 14.1 Å². The van der Waals surface area contributed by atoms with Crippen molar-refractivity contribution in [2.24, 2.45) is 0 Å². The lowest BCUT2D eigenvalue weighted by Crippen LogP contribution is -1.99. The second-order valence-electron chi connectivity index (χ2n) is 3.63. The van der Waals surface area contributed by atoms with Gasteiger partial charge in [0.1, 0.15) is 0 Å². The van der Waals surface area contributed by atoms with Gasteiger partial charge >= 0.3 is 0 Å². The Morgan fingerprint density at radius 2 is 1.14 bits per heavy atom. The molecular formula is C6H16S. The van der Waals surface area contributed by atoms with Crippen molar-refractivity contribution in [1.82, 2.24) is 0 Å². The molecule has 0 aromatic rings. The molecule has 0 nitrogen and oxygen atoms in total. The minimum atomic E-state index is -0.991. The molecule has 0 aromatic carbocycles. The van der Waals surface area contributed by atoms with Crippen LogP contribution in [0.3, 0.4) is 0 Å². The first-order valence-electron chi connectivity index (χ1n) is 2.45. The molecule has 0 fully saturated rings. The molecule has 0 radical (unpaired) electrons. The minimum Gasteiger partial charge on any atom is -0.259 e. The molecule has 0 amide bonds. The molecule has 0 aliphatic heterocycles. The molecule has 0 aromatic heterocycles. The summed E-state index contributed by atoms with van der Waals surface area (Å²) in [5, 5.41) is 2.32. The molecule has 0 rings (SSSR count). The molecule has 0 N–H and O–H groups in total. The highest BCUT2D eigenvalue weighted by Gasteiger charge is 2.01. The SMILES string of the molecule is CC=S(C)(C)(C)C. The molecule has 0 unspecified atom stereocenters. The van der Waals surface area contributed by atoms with Crippen molar-refractivity contribution in [2.75, 3.05) is 25.0 Å². The van der Waals surface area contributed by atoms with E-state index in [4.69, 9.17) is 0 Å². The van der Waals surface area contributed by atoms with Gasteiger partial charge < -0.3 is 0 Å². The van der Waals surface area contributed by atoms with Crippen LogP contribution in [0.5, 0.6) is 0 Å². The Morgan fingerprint density at radius 1 is 1.00 bits per heavy atom. The molecular weight excluding hydrogens is 104 g/mol. The summed E-state index contributed by atoms with van der Waals surface area (Å²) in [6.45, 7) is 2.14. The fourth-order valence-electron chi connectivity index (χ4n) is 0. The van der Waals surface area contributed by atoms with E-state index in [1.165, 1.54) is 0 Å². The first kappa shape index (κ1) is 7.22. The normalized spacial score (nSPS) is 17.6. The van der Waals surface area contributed by atoms with Crippen LogP contribution < -0.4 is 0 Å². The molecule has 0 aliphatic rings. The third-order valence-corrected chi connectivity index (χ3v) is 2.83. The van der Waals surface area contributed by atoms with Gasteiger partial charge in [-0.25, -0.2) is 0 Å². The van der Waals surface area contributed by atoms with Crippen LogP contribution in [0.25, 0.3) is 0 Å². The summed E-state index contributed by atoms with van der Waals surface area (Å²) in [5.74, 6) is 0. The summed E-state index contributed by atoms with van der Waals surface area (Å²) in [7, 11) is -0.991. The van der Waals surface area contributed by atoms with E-state index in [9.17, 15) is 0 Å². The van der Waals surface area contributed by atoms with Gasteiger partial charge in [0, 0.05) is 0 Å². The van der Waals surface area contributed by atoms with Crippen molar-refractivity contribution in [2.45, 2.75) is 6.92 Å². The van der Waals surface area contributed by atoms with Crippen molar-refractivity contribution in [3.05, 3.63) is 0 Å². The quantitative estimate of drug-likeness (QED) is 0.427. The average Bonchev–Trinajstić information content (AvgIpc) is 1.32. The van der Waals surface area contributed by atoms with Gasteiger partial charge in [0.2, 0.25) is 0 Å². The Bertz CT molecular complexity index is 102. The van der Waals surface area contributed by atoms with Gasteiger partial charge in [0.05, 0.1) is 0 Å². The lowest BCUT2D eigenvalue weighted by Gasteiger charge is -2.30. The van der Waals surface area contributed by atoms with Crippen LogP contribution in [0.4, 0.5) is 0 Å². The molecule has 0 saturated carbocycles. The van der Waals surface area contributed by atoms with Crippen LogP contribution in [0, 0.1) is 0 Å². The van der Waals surface area contributed by atoms with Crippen LogP contribution in [-0.2, 0) is 0 Å². The second kappa shape index (κ2) is 1.35. The summed E-state index contributed by atoms with van der Waals surface area (Å²) in [4.78, 5) is 0. The molecule has 7 heavy (non-hydrogen) atoms. The van der Waals surface area contributed by atoms with Gasteiger partial charge in [0.15, 0.2) is 0 Å². The minimum absolute atomic E-state index is 0.991. The standard InChI is InChI=1S/C6H16S/c1-6-7(2,3,4)5/h6H,1-5H3. The Balaban J connectivity index is 4.47. The van der Waals surface area contributed by atoms with E-state index in [-0.39, 0.29) is 0 Å². The first-order chi connectivity index (χ1) is 2.81. The Kier molecular flexibility index (Phi) is 1.39. The lowest BCUT2D eigenvalue weighted by atomic mass is 11.0. The summed E-state index contributed by atoms with van der Waals surface area (Å²) >= 11 is 0. The third kappa shape index (κ3) is 6.22. The maximum atomic E-state index is 2.32. The molecule has 0 saturated heterocycles. The first-order valence-corrected chi connectivity index (χ1v) is 6.18. The van der Waals surface area contributed by atoms with E-state index in [2.05, 4.69) is 37.3 Å². The summed E-state index contributed by atoms with van der Waals surface area (Å²) in [5.41, 5.74) is 0. The average molecular weight is 120 g/mol. The molecule has 46 valence electrons. The Labute approximate surface area is 46.8 Å². The zero-order chi connectivity index (χ0) is 6.15. The number of hydrogen-bond donors (Lipinski definition) is 0. The fourth-order valence-corrected chi connectivity index (χ4v) is 0. The lowest BCUT2D eigenvalue weighted by molar-refractivity contribution is 1.98. The summed E-state index contributed by atoms with van der Waals surface area (Å²) < 4.78 is 0. The predicted molar refractivity (Wildman–Crippen MR) is 43.0 cm³/mol. The zero-order valence-corrected chi connectivity index (χ0v) is 6.80.